The van der Waals surface area contributed by atoms with Crippen LogP contribution < -0.4 is 5.32 Å². The fraction of sp³-hybridized carbons (Fsp3) is 0.474. The molecule has 2 aliphatic heterocycles. The Labute approximate surface area is 142 Å². The van der Waals surface area contributed by atoms with Gasteiger partial charge in [-0.15, -0.1) is 0 Å². The number of nitrogens with one attached hydrogen (secondary N) is 1. The maximum absolute atomic E-state index is 11.6. The van der Waals surface area contributed by atoms with Gasteiger partial charge >= 0.3 is 0 Å². The number of rotatable bonds is 3. The van der Waals surface area contributed by atoms with Gasteiger partial charge in [0, 0.05) is 49.3 Å². The zero-order valence-electron chi connectivity index (χ0n) is 14.3. The SMILES string of the molecule is Cc1nn(-c2ccccc2)c(C)c1CN1CC[C@@H]2NC(=O)C[C@@H]2C1. The summed E-state index contributed by atoms with van der Waals surface area (Å²) in [7, 11) is 0. The Morgan fingerprint density at radius 1 is 1.25 bits per heavy atom. The molecule has 126 valence electrons. The first kappa shape index (κ1) is 15.4. The van der Waals surface area contributed by atoms with Gasteiger partial charge in [-0.2, -0.15) is 5.10 Å². The Morgan fingerprint density at radius 3 is 2.83 bits per heavy atom. The van der Waals surface area contributed by atoms with Gasteiger partial charge in [0.2, 0.25) is 5.91 Å². The maximum Gasteiger partial charge on any atom is 0.220 e. The van der Waals surface area contributed by atoms with Crippen LogP contribution in [0.2, 0.25) is 0 Å². The van der Waals surface area contributed by atoms with Crippen molar-refractivity contribution in [2.75, 3.05) is 13.1 Å². The van der Waals surface area contributed by atoms with Gasteiger partial charge in [0.05, 0.1) is 11.4 Å². The van der Waals surface area contributed by atoms with Crippen LogP contribution in [-0.4, -0.2) is 39.7 Å². The lowest BCUT2D eigenvalue weighted by molar-refractivity contribution is -0.119. The predicted molar refractivity (Wildman–Crippen MR) is 93.0 cm³/mol. The van der Waals surface area contributed by atoms with Crippen molar-refractivity contribution in [2.24, 2.45) is 5.92 Å². The number of hydrogen-bond acceptors (Lipinski definition) is 3. The number of carbonyl (C=O) groups excluding carboxylic acids is 1. The highest BCUT2D eigenvalue weighted by atomic mass is 16.2. The monoisotopic (exact) mass is 324 g/mol. The summed E-state index contributed by atoms with van der Waals surface area (Å²) in [6, 6.07) is 10.7. The summed E-state index contributed by atoms with van der Waals surface area (Å²) >= 11 is 0. The molecule has 4 rings (SSSR count). The van der Waals surface area contributed by atoms with E-state index in [2.05, 4.69) is 36.2 Å². The van der Waals surface area contributed by atoms with E-state index in [9.17, 15) is 4.79 Å². The second-order valence-electron chi connectivity index (χ2n) is 7.06. The molecule has 0 spiro atoms. The summed E-state index contributed by atoms with van der Waals surface area (Å²) in [5, 5.41) is 7.85. The van der Waals surface area contributed by atoms with Gasteiger partial charge < -0.3 is 5.32 Å². The molecule has 2 atom stereocenters. The highest BCUT2D eigenvalue weighted by molar-refractivity contribution is 5.79. The van der Waals surface area contributed by atoms with Crippen LogP contribution >= 0.6 is 0 Å². The molecule has 1 N–H and O–H groups in total. The van der Waals surface area contributed by atoms with Gasteiger partial charge in [-0.05, 0) is 32.4 Å². The number of hydrogen-bond donors (Lipinski definition) is 1. The van der Waals surface area contributed by atoms with Crippen LogP contribution in [0.1, 0.15) is 29.8 Å². The molecule has 24 heavy (non-hydrogen) atoms. The molecular formula is C19H24N4O. The van der Waals surface area contributed by atoms with E-state index in [0.717, 1.165) is 37.4 Å². The van der Waals surface area contributed by atoms with Crippen LogP contribution in [0.4, 0.5) is 0 Å². The quantitative estimate of drug-likeness (QED) is 0.942. The number of benzene rings is 1. The number of aromatic nitrogens is 2. The molecule has 1 aromatic carbocycles. The second-order valence-corrected chi connectivity index (χ2v) is 7.06. The van der Waals surface area contributed by atoms with E-state index in [1.54, 1.807) is 0 Å². The third-order valence-electron chi connectivity index (χ3n) is 5.44. The van der Waals surface area contributed by atoms with Crippen LogP contribution in [0.3, 0.4) is 0 Å². The number of nitrogens with zero attached hydrogens (tertiary/aromatic N) is 3. The molecule has 2 fully saturated rings. The number of para-hydroxylation sites is 1. The van der Waals surface area contributed by atoms with Crippen molar-refractivity contribution >= 4 is 5.91 Å². The van der Waals surface area contributed by atoms with E-state index in [-0.39, 0.29) is 5.91 Å². The second kappa shape index (κ2) is 6.06. The number of amides is 1. The van der Waals surface area contributed by atoms with Crippen LogP contribution in [0.15, 0.2) is 30.3 Å². The lowest BCUT2D eigenvalue weighted by Crippen LogP contribution is -2.44. The molecule has 0 bridgehead atoms. The molecule has 0 saturated carbocycles. The average molecular weight is 324 g/mol. The molecule has 1 aromatic heterocycles. The topological polar surface area (TPSA) is 50.2 Å². The molecule has 3 heterocycles. The Balaban J connectivity index is 1.53. The summed E-state index contributed by atoms with van der Waals surface area (Å²) in [6.07, 6.45) is 1.74. The fourth-order valence-corrected chi connectivity index (χ4v) is 4.10. The van der Waals surface area contributed by atoms with E-state index >= 15 is 0 Å². The van der Waals surface area contributed by atoms with E-state index < -0.39 is 0 Å². The van der Waals surface area contributed by atoms with E-state index in [1.807, 2.05) is 22.9 Å². The smallest absolute Gasteiger partial charge is 0.220 e. The molecule has 1 amide bonds. The summed E-state index contributed by atoms with van der Waals surface area (Å²) in [5.74, 6) is 0.687. The predicted octanol–water partition coefficient (Wildman–Crippen LogP) is 2.20. The van der Waals surface area contributed by atoms with Crippen molar-refractivity contribution in [3.05, 3.63) is 47.3 Å². The summed E-state index contributed by atoms with van der Waals surface area (Å²) in [6.45, 7) is 7.20. The Morgan fingerprint density at radius 2 is 2.04 bits per heavy atom. The van der Waals surface area contributed by atoms with Crippen molar-refractivity contribution in [1.82, 2.24) is 20.0 Å². The minimum atomic E-state index is 0.219. The summed E-state index contributed by atoms with van der Waals surface area (Å²) in [5.41, 5.74) is 4.73. The molecule has 2 aromatic rings. The lowest BCUT2D eigenvalue weighted by Gasteiger charge is -2.34. The molecule has 5 heteroatoms. The van der Waals surface area contributed by atoms with Crippen LogP contribution in [0.5, 0.6) is 0 Å². The van der Waals surface area contributed by atoms with E-state index in [4.69, 9.17) is 5.10 Å². The number of aryl methyl sites for hydroxylation is 1. The van der Waals surface area contributed by atoms with Crippen molar-refractivity contribution in [3.63, 3.8) is 0 Å². The number of carbonyl (C=O) groups is 1. The van der Waals surface area contributed by atoms with Gasteiger partial charge in [0.25, 0.3) is 0 Å². The minimum absolute atomic E-state index is 0.219. The van der Waals surface area contributed by atoms with Crippen molar-refractivity contribution in [2.45, 2.75) is 39.3 Å². The highest BCUT2D eigenvalue weighted by Gasteiger charge is 2.37. The van der Waals surface area contributed by atoms with E-state index in [0.29, 0.717) is 18.4 Å². The van der Waals surface area contributed by atoms with Gasteiger partial charge in [0.1, 0.15) is 0 Å². The number of likely N-dealkylation sites (tertiary alicyclic amines) is 1. The third-order valence-corrected chi connectivity index (χ3v) is 5.44. The van der Waals surface area contributed by atoms with Crippen LogP contribution in [0.25, 0.3) is 5.69 Å². The molecule has 0 radical (unpaired) electrons. The third kappa shape index (κ3) is 2.73. The lowest BCUT2D eigenvalue weighted by atomic mass is 9.93. The van der Waals surface area contributed by atoms with Gasteiger partial charge in [-0.25, -0.2) is 4.68 Å². The highest BCUT2D eigenvalue weighted by Crippen LogP contribution is 2.27. The van der Waals surface area contributed by atoms with Crippen LogP contribution in [-0.2, 0) is 11.3 Å². The maximum atomic E-state index is 11.6. The summed E-state index contributed by atoms with van der Waals surface area (Å²) in [4.78, 5) is 14.1. The number of piperidine rings is 1. The Bertz CT molecular complexity index is 752. The van der Waals surface area contributed by atoms with Crippen molar-refractivity contribution < 1.29 is 4.79 Å². The minimum Gasteiger partial charge on any atom is -0.353 e. The molecule has 0 aliphatic carbocycles. The zero-order valence-corrected chi connectivity index (χ0v) is 14.3. The molecule has 2 aliphatic rings. The van der Waals surface area contributed by atoms with Gasteiger partial charge in [-0.3, -0.25) is 9.69 Å². The molecular weight excluding hydrogens is 300 g/mol. The first-order valence-corrected chi connectivity index (χ1v) is 8.74. The Hall–Kier alpha value is -2.14. The first-order chi connectivity index (χ1) is 11.6. The Kier molecular flexibility index (Phi) is 3.88. The normalized spacial score (nSPS) is 24.0. The van der Waals surface area contributed by atoms with Crippen LogP contribution in [0, 0.1) is 19.8 Å². The fourth-order valence-electron chi connectivity index (χ4n) is 4.10. The standard InChI is InChI=1S/C19H24N4O/c1-13-17(14(2)23(21-13)16-6-4-3-5-7-16)12-22-9-8-18-15(11-22)10-19(24)20-18/h3-7,15,18H,8-12H2,1-2H3,(H,20,24)/t15-,18+/m1/s1. The molecule has 5 nitrogen and oxygen atoms in total. The van der Waals surface area contributed by atoms with Crippen molar-refractivity contribution in [1.29, 1.82) is 0 Å². The van der Waals surface area contributed by atoms with Gasteiger partial charge in [0.15, 0.2) is 0 Å². The van der Waals surface area contributed by atoms with Crippen molar-refractivity contribution in [3.8, 4) is 5.69 Å². The molecule has 0 unspecified atom stereocenters. The van der Waals surface area contributed by atoms with Gasteiger partial charge in [-0.1, -0.05) is 18.2 Å². The largest absolute Gasteiger partial charge is 0.353 e. The summed E-state index contributed by atoms with van der Waals surface area (Å²) < 4.78 is 2.04. The zero-order chi connectivity index (χ0) is 16.7. The molecule has 2 saturated heterocycles. The average Bonchev–Trinajstić information content (AvgIpc) is 3.09. The first-order valence-electron chi connectivity index (χ1n) is 8.74. The van der Waals surface area contributed by atoms with E-state index in [1.165, 1.54) is 11.3 Å². The number of fused-ring (bicyclic) bond motifs is 1.